The number of benzene rings is 1. The molecule has 3 heterocycles. The summed E-state index contributed by atoms with van der Waals surface area (Å²) in [5.41, 5.74) is 0.612. The van der Waals surface area contributed by atoms with Gasteiger partial charge in [-0.05, 0) is 31.0 Å². The Morgan fingerprint density at radius 1 is 1.09 bits per heavy atom. The topological polar surface area (TPSA) is 156 Å². The second kappa shape index (κ2) is 9.26. The van der Waals surface area contributed by atoms with Crippen molar-refractivity contribution in [2.24, 2.45) is 0 Å². The largest absolute Gasteiger partial charge is 0.454 e. The Morgan fingerprint density at radius 3 is 2.40 bits per heavy atom. The molecule has 188 valence electrons. The fourth-order valence-corrected chi connectivity index (χ4v) is 4.45. The first-order chi connectivity index (χ1) is 16.4. The molecule has 0 radical (unpaired) electrons. The molecule has 1 aromatic heterocycles. The molecule has 0 aliphatic carbocycles. The molecule has 1 saturated heterocycles. The Labute approximate surface area is 197 Å². The number of sulfonamides is 1. The Kier molecular flexibility index (Phi) is 6.50. The number of ether oxygens (including phenoxy) is 1. The molecular weight excluding hydrogens is 495 g/mol. The average molecular weight is 515 g/mol. The summed E-state index contributed by atoms with van der Waals surface area (Å²) in [7, 11) is -3.33. The maximum atomic E-state index is 12.6. The van der Waals surface area contributed by atoms with Gasteiger partial charge in [0, 0.05) is 24.8 Å². The normalized spacial score (nSPS) is 17.1. The minimum atomic E-state index is -4.62. The maximum absolute atomic E-state index is 12.6. The number of anilines is 3. The van der Waals surface area contributed by atoms with Gasteiger partial charge in [-0.3, -0.25) is 14.9 Å². The van der Waals surface area contributed by atoms with Crippen LogP contribution >= 0.6 is 0 Å². The van der Waals surface area contributed by atoms with Crippen LogP contribution in [0.1, 0.15) is 33.6 Å². The van der Waals surface area contributed by atoms with E-state index >= 15 is 0 Å². The average Bonchev–Trinajstić information content (AvgIpc) is 3.04. The fourth-order valence-electron chi connectivity index (χ4n) is 3.58. The van der Waals surface area contributed by atoms with Crippen LogP contribution in [0.25, 0.3) is 0 Å². The molecule has 2 aromatic rings. The maximum Gasteiger partial charge on any atom is 0.422 e. The fraction of sp³-hybridized carbons (Fsp3) is 0.421. The van der Waals surface area contributed by atoms with Crippen LogP contribution in [0.2, 0.25) is 0 Å². The van der Waals surface area contributed by atoms with E-state index in [4.69, 9.17) is 0 Å². The minimum Gasteiger partial charge on any atom is -0.454 e. The summed E-state index contributed by atoms with van der Waals surface area (Å²) in [6.07, 6.45) is -2.65. The summed E-state index contributed by atoms with van der Waals surface area (Å²) in [5, 5.41) is 7.90. The van der Waals surface area contributed by atoms with Gasteiger partial charge in [-0.15, -0.1) is 0 Å². The van der Waals surface area contributed by atoms with Gasteiger partial charge in [0.15, 0.2) is 6.61 Å². The van der Waals surface area contributed by atoms with Crippen molar-refractivity contribution in [1.82, 2.24) is 24.6 Å². The van der Waals surface area contributed by atoms with Gasteiger partial charge in [-0.25, -0.2) is 12.7 Å². The number of nitrogens with one attached hydrogen (secondary N) is 3. The van der Waals surface area contributed by atoms with Crippen molar-refractivity contribution >= 4 is 39.4 Å². The van der Waals surface area contributed by atoms with Gasteiger partial charge in [0.1, 0.15) is 0 Å². The summed E-state index contributed by atoms with van der Waals surface area (Å²) >= 11 is 0. The summed E-state index contributed by atoms with van der Waals surface area (Å²) in [4.78, 5) is 35.5. The van der Waals surface area contributed by atoms with Crippen molar-refractivity contribution in [3.8, 4) is 6.01 Å². The zero-order valence-electron chi connectivity index (χ0n) is 18.2. The first-order valence-electron chi connectivity index (χ1n) is 10.3. The number of alkyl halides is 3. The number of nitrogens with zero attached hydrogens (tertiary/aromatic N) is 4. The van der Waals surface area contributed by atoms with E-state index in [1.54, 1.807) is 0 Å². The van der Waals surface area contributed by atoms with Crippen LogP contribution in [0.15, 0.2) is 18.2 Å². The smallest absolute Gasteiger partial charge is 0.422 e. The van der Waals surface area contributed by atoms with Gasteiger partial charge < -0.3 is 15.4 Å². The van der Waals surface area contributed by atoms with Gasteiger partial charge >= 0.3 is 12.2 Å². The summed E-state index contributed by atoms with van der Waals surface area (Å²) in [6.45, 7) is -1.09. The van der Waals surface area contributed by atoms with E-state index in [0.29, 0.717) is 18.5 Å². The molecule has 2 amide bonds. The van der Waals surface area contributed by atoms with E-state index in [1.807, 2.05) is 0 Å². The highest BCUT2D eigenvalue weighted by Gasteiger charge is 2.30. The molecule has 4 rings (SSSR count). The molecule has 2 aliphatic rings. The number of hydrogen-bond donors (Lipinski definition) is 3. The third kappa shape index (κ3) is 6.13. The molecule has 12 nitrogen and oxygen atoms in total. The zero-order valence-corrected chi connectivity index (χ0v) is 19.0. The van der Waals surface area contributed by atoms with Crippen molar-refractivity contribution in [1.29, 1.82) is 0 Å². The number of fused-ring (bicyclic) bond motifs is 1. The third-order valence-corrected chi connectivity index (χ3v) is 6.53. The van der Waals surface area contributed by atoms with Crippen LogP contribution in [0.3, 0.4) is 0 Å². The molecule has 0 unspecified atom stereocenters. The van der Waals surface area contributed by atoms with Gasteiger partial charge in [0.2, 0.25) is 21.9 Å². The lowest BCUT2D eigenvalue weighted by atomic mass is 10.1. The lowest BCUT2D eigenvalue weighted by Crippen LogP contribution is -2.42. The van der Waals surface area contributed by atoms with Crippen LogP contribution in [-0.2, 0) is 10.0 Å². The Bertz CT molecular complexity index is 1260. The van der Waals surface area contributed by atoms with E-state index in [-0.39, 0.29) is 42.2 Å². The highest BCUT2D eigenvalue weighted by Crippen LogP contribution is 2.25. The molecular formula is C19H20F3N7O5S. The molecule has 0 spiro atoms. The molecule has 1 aromatic carbocycles. The number of imide groups is 1. The quantitative estimate of drug-likeness (QED) is 0.459. The molecule has 35 heavy (non-hydrogen) atoms. The molecule has 0 bridgehead atoms. The molecule has 1 fully saturated rings. The second-order valence-electron chi connectivity index (χ2n) is 7.92. The van der Waals surface area contributed by atoms with Gasteiger partial charge in [-0.2, -0.15) is 28.1 Å². The standard InChI is InChI=1S/C19H20F3N7O5S/c1-35(32,33)29-6-4-10(5-7-29)23-16-26-17(28-18(27-16)34-9-19(20,21)22)24-11-2-3-12-13(8-11)15(31)25-14(12)30/h2-3,8,10H,4-7,9H2,1H3,(H,25,30,31)(H2,23,24,26,27,28). The van der Waals surface area contributed by atoms with Gasteiger partial charge in [-0.1, -0.05) is 0 Å². The van der Waals surface area contributed by atoms with Crippen molar-refractivity contribution < 1.29 is 35.9 Å². The Balaban J connectivity index is 1.54. The summed E-state index contributed by atoms with van der Waals surface area (Å²) < 4.78 is 67.3. The van der Waals surface area contributed by atoms with E-state index in [1.165, 1.54) is 22.5 Å². The number of piperidine rings is 1. The second-order valence-corrected chi connectivity index (χ2v) is 9.90. The molecule has 16 heteroatoms. The molecule has 2 aliphatic heterocycles. The number of halogens is 3. The Morgan fingerprint density at radius 2 is 1.74 bits per heavy atom. The first-order valence-corrected chi connectivity index (χ1v) is 12.2. The van der Waals surface area contributed by atoms with E-state index in [2.05, 4.69) is 35.6 Å². The van der Waals surface area contributed by atoms with Crippen LogP contribution in [0.5, 0.6) is 6.01 Å². The number of rotatable bonds is 7. The minimum absolute atomic E-state index is 0.0773. The van der Waals surface area contributed by atoms with Crippen molar-refractivity contribution in [3.05, 3.63) is 29.3 Å². The van der Waals surface area contributed by atoms with Crippen molar-refractivity contribution in [3.63, 3.8) is 0 Å². The lowest BCUT2D eigenvalue weighted by molar-refractivity contribution is -0.154. The Hall–Kier alpha value is -3.53. The SMILES string of the molecule is CS(=O)(=O)N1CCC(Nc2nc(Nc3ccc4c(c3)C(=O)NC4=O)nc(OCC(F)(F)F)n2)CC1. The molecule has 3 N–H and O–H groups in total. The predicted octanol–water partition coefficient (Wildman–Crippen LogP) is 1.28. The van der Waals surface area contributed by atoms with Crippen LogP contribution < -0.4 is 20.7 Å². The first kappa shape index (κ1) is 24.6. The van der Waals surface area contributed by atoms with Crippen LogP contribution in [0.4, 0.5) is 30.8 Å². The number of carbonyl (C=O) groups excluding carboxylic acids is 2. The predicted molar refractivity (Wildman–Crippen MR) is 116 cm³/mol. The lowest BCUT2D eigenvalue weighted by Gasteiger charge is -2.30. The van der Waals surface area contributed by atoms with E-state index in [9.17, 15) is 31.2 Å². The monoisotopic (exact) mass is 515 g/mol. The van der Waals surface area contributed by atoms with Crippen molar-refractivity contribution in [2.45, 2.75) is 25.1 Å². The molecule has 0 saturated carbocycles. The number of aromatic nitrogens is 3. The zero-order chi connectivity index (χ0) is 25.4. The highest BCUT2D eigenvalue weighted by atomic mass is 32.2. The third-order valence-electron chi connectivity index (χ3n) is 5.23. The van der Waals surface area contributed by atoms with Crippen LogP contribution in [0, 0.1) is 0 Å². The summed E-state index contributed by atoms with van der Waals surface area (Å²) in [5.74, 6) is -1.36. The number of hydrogen-bond acceptors (Lipinski definition) is 10. The van der Waals surface area contributed by atoms with Gasteiger partial charge in [0.25, 0.3) is 11.8 Å². The number of carbonyl (C=O) groups is 2. The van der Waals surface area contributed by atoms with Crippen LogP contribution in [-0.4, -0.2) is 77.7 Å². The van der Waals surface area contributed by atoms with E-state index < -0.39 is 40.6 Å². The van der Waals surface area contributed by atoms with E-state index in [0.717, 1.165) is 6.26 Å². The highest BCUT2D eigenvalue weighted by molar-refractivity contribution is 7.88. The molecule has 0 atom stereocenters. The summed E-state index contributed by atoms with van der Waals surface area (Å²) in [6, 6.07) is 3.43. The van der Waals surface area contributed by atoms with Crippen molar-refractivity contribution in [2.75, 3.05) is 36.6 Å². The number of amides is 2. The van der Waals surface area contributed by atoms with Gasteiger partial charge in [0.05, 0.1) is 17.4 Å².